The standard InChI is InChI=1S/C9H6ClFO2/c10-7-3-1-6(5-8(7)11)2-4-9(12)13/h1-5H,(H,12,13). The third-order valence-corrected chi connectivity index (χ3v) is 1.67. The lowest BCUT2D eigenvalue weighted by Crippen LogP contribution is -1.86. The molecule has 1 aromatic rings. The topological polar surface area (TPSA) is 37.3 Å². The van der Waals surface area contributed by atoms with Gasteiger partial charge in [-0.25, -0.2) is 9.18 Å². The summed E-state index contributed by atoms with van der Waals surface area (Å²) < 4.78 is 12.8. The SMILES string of the molecule is O=C(O)C=Cc1ccc(Cl)c(F)c1. The first-order valence-electron chi connectivity index (χ1n) is 3.45. The van der Waals surface area contributed by atoms with Gasteiger partial charge < -0.3 is 5.11 Å². The molecule has 0 aliphatic rings. The minimum Gasteiger partial charge on any atom is -0.478 e. The molecule has 0 heterocycles. The lowest BCUT2D eigenvalue weighted by atomic mass is 10.2. The summed E-state index contributed by atoms with van der Waals surface area (Å²) in [5, 5.41) is 8.31. The Morgan fingerprint density at radius 2 is 2.23 bits per heavy atom. The molecule has 0 amide bonds. The smallest absolute Gasteiger partial charge is 0.328 e. The van der Waals surface area contributed by atoms with Gasteiger partial charge in [-0.1, -0.05) is 17.7 Å². The number of carbonyl (C=O) groups is 1. The van der Waals surface area contributed by atoms with Crippen molar-refractivity contribution >= 4 is 23.6 Å². The van der Waals surface area contributed by atoms with Crippen LogP contribution in [0.15, 0.2) is 24.3 Å². The number of halogens is 2. The molecule has 1 aromatic carbocycles. The van der Waals surface area contributed by atoms with Gasteiger partial charge in [-0.2, -0.15) is 0 Å². The average Bonchev–Trinajstić information content (AvgIpc) is 2.07. The van der Waals surface area contributed by atoms with E-state index in [-0.39, 0.29) is 5.02 Å². The number of hydrogen-bond acceptors (Lipinski definition) is 1. The lowest BCUT2D eigenvalue weighted by Gasteiger charge is -1.95. The quantitative estimate of drug-likeness (QED) is 0.745. The summed E-state index contributed by atoms with van der Waals surface area (Å²) in [7, 11) is 0. The molecule has 0 unspecified atom stereocenters. The maximum atomic E-state index is 12.8. The predicted octanol–water partition coefficient (Wildman–Crippen LogP) is 2.58. The van der Waals surface area contributed by atoms with Crippen LogP contribution in [0.3, 0.4) is 0 Å². The highest BCUT2D eigenvalue weighted by Crippen LogP contribution is 2.16. The van der Waals surface area contributed by atoms with Crippen molar-refractivity contribution in [3.63, 3.8) is 0 Å². The van der Waals surface area contributed by atoms with Crippen molar-refractivity contribution < 1.29 is 14.3 Å². The normalized spacial score (nSPS) is 10.6. The highest BCUT2D eigenvalue weighted by Gasteiger charge is 1.98. The number of hydrogen-bond donors (Lipinski definition) is 1. The molecule has 0 radical (unpaired) electrons. The Morgan fingerprint density at radius 3 is 2.77 bits per heavy atom. The molecule has 0 aliphatic heterocycles. The van der Waals surface area contributed by atoms with Crippen molar-refractivity contribution in [2.24, 2.45) is 0 Å². The van der Waals surface area contributed by atoms with E-state index in [1.54, 1.807) is 0 Å². The van der Waals surface area contributed by atoms with E-state index in [1.165, 1.54) is 24.3 Å². The first-order chi connectivity index (χ1) is 6.09. The molecule has 0 bridgehead atoms. The molecule has 0 atom stereocenters. The highest BCUT2D eigenvalue weighted by molar-refractivity contribution is 6.30. The van der Waals surface area contributed by atoms with Crippen LogP contribution in [0, 0.1) is 5.82 Å². The molecule has 68 valence electrons. The second-order valence-corrected chi connectivity index (χ2v) is 2.75. The molecule has 1 rings (SSSR count). The largest absolute Gasteiger partial charge is 0.478 e. The number of rotatable bonds is 2. The van der Waals surface area contributed by atoms with Crippen molar-refractivity contribution in [1.82, 2.24) is 0 Å². The monoisotopic (exact) mass is 200 g/mol. The summed E-state index contributed by atoms with van der Waals surface area (Å²) in [6.45, 7) is 0. The molecular formula is C9H6ClFO2. The Labute approximate surface area is 79.3 Å². The van der Waals surface area contributed by atoms with Gasteiger partial charge in [0.25, 0.3) is 0 Å². The van der Waals surface area contributed by atoms with E-state index in [2.05, 4.69) is 0 Å². The van der Waals surface area contributed by atoms with Crippen molar-refractivity contribution in [2.45, 2.75) is 0 Å². The summed E-state index contributed by atoms with van der Waals surface area (Å²) >= 11 is 5.43. The summed E-state index contributed by atoms with van der Waals surface area (Å²) in [4.78, 5) is 10.1. The fraction of sp³-hybridized carbons (Fsp3) is 0. The number of benzene rings is 1. The molecule has 0 saturated heterocycles. The van der Waals surface area contributed by atoms with Gasteiger partial charge in [0.15, 0.2) is 0 Å². The Morgan fingerprint density at radius 1 is 1.54 bits per heavy atom. The predicted molar refractivity (Wildman–Crippen MR) is 48.1 cm³/mol. The van der Waals surface area contributed by atoms with Gasteiger partial charge in [-0.3, -0.25) is 0 Å². The van der Waals surface area contributed by atoms with E-state index in [0.29, 0.717) is 5.56 Å². The molecule has 1 N–H and O–H groups in total. The molecule has 0 aliphatic carbocycles. The van der Waals surface area contributed by atoms with Crippen LogP contribution in [-0.4, -0.2) is 11.1 Å². The van der Waals surface area contributed by atoms with Crippen LogP contribution in [0.1, 0.15) is 5.56 Å². The van der Waals surface area contributed by atoms with Crippen LogP contribution in [0.5, 0.6) is 0 Å². The number of carboxylic acid groups (broad SMARTS) is 1. The summed E-state index contributed by atoms with van der Waals surface area (Å²) in [5.74, 6) is -1.63. The van der Waals surface area contributed by atoms with Crippen molar-refractivity contribution in [3.05, 3.63) is 40.7 Å². The van der Waals surface area contributed by atoms with Crippen molar-refractivity contribution in [1.29, 1.82) is 0 Å². The number of carboxylic acids is 1. The van der Waals surface area contributed by atoms with E-state index < -0.39 is 11.8 Å². The van der Waals surface area contributed by atoms with Gasteiger partial charge in [0.1, 0.15) is 5.82 Å². The van der Waals surface area contributed by atoms with Crippen LogP contribution in [0.2, 0.25) is 5.02 Å². The Hall–Kier alpha value is -1.35. The Balaban J connectivity index is 2.92. The Kier molecular flexibility index (Phi) is 3.03. The minimum absolute atomic E-state index is 0.0208. The van der Waals surface area contributed by atoms with Gasteiger partial charge in [-0.05, 0) is 23.8 Å². The molecule has 0 spiro atoms. The van der Waals surface area contributed by atoms with Gasteiger partial charge >= 0.3 is 5.97 Å². The average molecular weight is 201 g/mol. The van der Waals surface area contributed by atoms with Crippen LogP contribution in [-0.2, 0) is 4.79 Å². The second-order valence-electron chi connectivity index (χ2n) is 2.35. The zero-order valence-corrected chi connectivity index (χ0v) is 7.25. The number of aliphatic carboxylic acids is 1. The maximum absolute atomic E-state index is 12.8. The minimum atomic E-state index is -1.07. The van der Waals surface area contributed by atoms with Gasteiger partial charge in [0, 0.05) is 6.08 Å². The molecule has 4 heteroatoms. The molecule has 2 nitrogen and oxygen atoms in total. The fourth-order valence-corrected chi connectivity index (χ4v) is 0.901. The van der Waals surface area contributed by atoms with Gasteiger partial charge in [0.05, 0.1) is 5.02 Å². The lowest BCUT2D eigenvalue weighted by molar-refractivity contribution is -0.131. The zero-order chi connectivity index (χ0) is 9.84. The van der Waals surface area contributed by atoms with Gasteiger partial charge in [-0.15, -0.1) is 0 Å². The highest BCUT2D eigenvalue weighted by atomic mass is 35.5. The van der Waals surface area contributed by atoms with E-state index in [4.69, 9.17) is 16.7 Å². The van der Waals surface area contributed by atoms with Crippen LogP contribution >= 0.6 is 11.6 Å². The third kappa shape index (κ3) is 2.87. The molecular weight excluding hydrogens is 195 g/mol. The first-order valence-corrected chi connectivity index (χ1v) is 3.83. The molecule has 0 aromatic heterocycles. The van der Waals surface area contributed by atoms with Crippen LogP contribution in [0.25, 0.3) is 6.08 Å². The van der Waals surface area contributed by atoms with E-state index in [1.807, 2.05) is 0 Å². The van der Waals surface area contributed by atoms with E-state index in [9.17, 15) is 9.18 Å². The maximum Gasteiger partial charge on any atom is 0.328 e. The summed E-state index contributed by atoms with van der Waals surface area (Å²) in [6.07, 6.45) is 2.23. The first kappa shape index (κ1) is 9.74. The van der Waals surface area contributed by atoms with Crippen molar-refractivity contribution in [2.75, 3.05) is 0 Å². The van der Waals surface area contributed by atoms with Crippen molar-refractivity contribution in [3.8, 4) is 0 Å². The van der Waals surface area contributed by atoms with E-state index >= 15 is 0 Å². The fourth-order valence-electron chi connectivity index (χ4n) is 0.784. The zero-order valence-electron chi connectivity index (χ0n) is 6.50. The van der Waals surface area contributed by atoms with Crippen LogP contribution < -0.4 is 0 Å². The summed E-state index contributed by atoms with van der Waals surface area (Å²) in [6, 6.07) is 4.07. The summed E-state index contributed by atoms with van der Waals surface area (Å²) in [5.41, 5.74) is 0.462. The second kappa shape index (κ2) is 4.05. The third-order valence-electron chi connectivity index (χ3n) is 1.36. The Bertz CT molecular complexity index is 361. The molecule has 0 fully saturated rings. The molecule has 0 saturated carbocycles. The molecule has 13 heavy (non-hydrogen) atoms. The van der Waals surface area contributed by atoms with Crippen LogP contribution in [0.4, 0.5) is 4.39 Å². The van der Waals surface area contributed by atoms with Gasteiger partial charge in [0.2, 0.25) is 0 Å². The van der Waals surface area contributed by atoms with E-state index in [0.717, 1.165) is 6.08 Å².